The molecule has 1 aromatic carbocycles. The van der Waals surface area contributed by atoms with Crippen molar-refractivity contribution in [2.24, 2.45) is 5.92 Å². The summed E-state index contributed by atoms with van der Waals surface area (Å²) in [6, 6.07) is 12.0. The summed E-state index contributed by atoms with van der Waals surface area (Å²) in [5.74, 6) is -0.277. The fourth-order valence-corrected chi connectivity index (χ4v) is 3.62. The molecule has 1 aromatic heterocycles. The monoisotopic (exact) mass is 381 g/mol. The number of ether oxygens (including phenoxy) is 1. The van der Waals surface area contributed by atoms with E-state index in [9.17, 15) is 9.59 Å². The first-order chi connectivity index (χ1) is 13.4. The molecule has 148 valence electrons. The smallest absolute Gasteiger partial charge is 0.254 e. The lowest BCUT2D eigenvalue weighted by molar-refractivity contribution is -0.167. The molecule has 1 aliphatic heterocycles. The van der Waals surface area contributed by atoms with Gasteiger partial charge in [-0.1, -0.05) is 38.1 Å². The summed E-state index contributed by atoms with van der Waals surface area (Å²) in [6.07, 6.45) is 3.91. The molecule has 2 aromatic rings. The predicted molar refractivity (Wildman–Crippen MR) is 108 cm³/mol. The van der Waals surface area contributed by atoms with E-state index >= 15 is 0 Å². The van der Waals surface area contributed by atoms with E-state index in [-0.39, 0.29) is 24.3 Å². The third-order valence-corrected chi connectivity index (χ3v) is 5.06. The lowest BCUT2D eigenvalue weighted by Crippen LogP contribution is -2.62. The second kappa shape index (κ2) is 8.52. The lowest BCUT2D eigenvalue weighted by Gasteiger charge is -2.42. The van der Waals surface area contributed by atoms with E-state index < -0.39 is 5.60 Å². The Kier molecular flexibility index (Phi) is 6.09. The minimum absolute atomic E-state index is 0.0436. The highest BCUT2D eigenvalue weighted by atomic mass is 16.5. The number of likely N-dealkylation sites (N-methyl/N-ethyl adjacent to an activating group) is 1. The molecule has 28 heavy (non-hydrogen) atoms. The molecule has 1 aliphatic rings. The van der Waals surface area contributed by atoms with Crippen LogP contribution in [0.3, 0.4) is 0 Å². The van der Waals surface area contributed by atoms with Crippen LogP contribution in [0.25, 0.3) is 11.1 Å². The Balaban J connectivity index is 1.89. The number of carbonyl (C=O) groups excluding carboxylic acids is 2. The minimum Gasteiger partial charge on any atom is -0.361 e. The standard InChI is InChI=1S/C22H27N3O3/c1-16(2)20(26)25-11-12-28-22(15-25,21(27)23-3)14-17-5-4-6-19(13-17)18-7-9-24-10-8-18/h4-10,13,16H,11-12,14-15H2,1-3H3,(H,23,27). The molecule has 0 radical (unpaired) electrons. The van der Waals surface area contributed by atoms with Gasteiger partial charge in [0.1, 0.15) is 0 Å². The highest BCUT2D eigenvalue weighted by Gasteiger charge is 2.44. The fourth-order valence-electron chi connectivity index (χ4n) is 3.62. The van der Waals surface area contributed by atoms with Crippen molar-refractivity contribution in [3.63, 3.8) is 0 Å². The Morgan fingerprint density at radius 3 is 2.64 bits per heavy atom. The number of carbonyl (C=O) groups is 2. The Morgan fingerprint density at radius 2 is 1.96 bits per heavy atom. The van der Waals surface area contributed by atoms with Gasteiger partial charge in [-0.05, 0) is 28.8 Å². The molecular weight excluding hydrogens is 354 g/mol. The number of hydrogen-bond donors (Lipinski definition) is 1. The first kappa shape index (κ1) is 20.0. The van der Waals surface area contributed by atoms with Gasteiger partial charge in [-0.25, -0.2) is 0 Å². The quantitative estimate of drug-likeness (QED) is 0.863. The Morgan fingerprint density at radius 1 is 1.21 bits per heavy atom. The molecule has 6 nitrogen and oxygen atoms in total. The molecule has 3 rings (SSSR count). The minimum atomic E-state index is -1.09. The molecule has 1 saturated heterocycles. The number of benzene rings is 1. The number of pyridine rings is 1. The van der Waals surface area contributed by atoms with E-state index in [0.717, 1.165) is 16.7 Å². The maximum atomic E-state index is 12.8. The zero-order valence-corrected chi connectivity index (χ0v) is 16.6. The average molecular weight is 381 g/mol. The zero-order valence-electron chi connectivity index (χ0n) is 16.6. The van der Waals surface area contributed by atoms with Crippen molar-refractivity contribution in [3.05, 3.63) is 54.4 Å². The van der Waals surface area contributed by atoms with Gasteiger partial charge in [-0.15, -0.1) is 0 Å². The maximum Gasteiger partial charge on any atom is 0.254 e. The molecule has 0 saturated carbocycles. The zero-order chi connectivity index (χ0) is 20.1. The van der Waals surface area contributed by atoms with Gasteiger partial charge in [-0.2, -0.15) is 0 Å². The van der Waals surface area contributed by atoms with E-state index in [0.29, 0.717) is 19.6 Å². The largest absolute Gasteiger partial charge is 0.361 e. The number of nitrogens with one attached hydrogen (secondary N) is 1. The van der Waals surface area contributed by atoms with Gasteiger partial charge in [0.05, 0.1) is 13.2 Å². The molecule has 1 N–H and O–H groups in total. The van der Waals surface area contributed by atoms with Crippen molar-refractivity contribution in [2.45, 2.75) is 25.9 Å². The molecule has 1 fully saturated rings. The number of nitrogens with zero attached hydrogens (tertiary/aromatic N) is 2. The molecule has 2 amide bonds. The maximum absolute atomic E-state index is 12.8. The van der Waals surface area contributed by atoms with Crippen molar-refractivity contribution in [2.75, 3.05) is 26.7 Å². The molecule has 1 unspecified atom stereocenters. The van der Waals surface area contributed by atoms with Crippen LogP contribution in [-0.4, -0.2) is 54.0 Å². The van der Waals surface area contributed by atoms with Crippen molar-refractivity contribution in [1.29, 1.82) is 0 Å². The van der Waals surface area contributed by atoms with Crippen LogP contribution < -0.4 is 5.32 Å². The van der Waals surface area contributed by atoms with Gasteiger partial charge in [0.2, 0.25) is 5.91 Å². The number of amides is 2. The van der Waals surface area contributed by atoms with Gasteiger partial charge in [0.25, 0.3) is 5.91 Å². The van der Waals surface area contributed by atoms with Crippen LogP contribution in [0, 0.1) is 5.92 Å². The van der Waals surface area contributed by atoms with Crippen LogP contribution in [-0.2, 0) is 20.7 Å². The van der Waals surface area contributed by atoms with E-state index in [4.69, 9.17) is 4.74 Å². The highest BCUT2D eigenvalue weighted by molar-refractivity contribution is 5.87. The summed E-state index contributed by atoms with van der Waals surface area (Å²) in [7, 11) is 1.60. The van der Waals surface area contributed by atoms with E-state index in [1.807, 2.05) is 44.2 Å². The average Bonchev–Trinajstić information content (AvgIpc) is 2.73. The normalized spacial score (nSPS) is 19.5. The first-order valence-electron chi connectivity index (χ1n) is 9.59. The topological polar surface area (TPSA) is 71.5 Å². The van der Waals surface area contributed by atoms with Crippen molar-refractivity contribution >= 4 is 11.8 Å². The van der Waals surface area contributed by atoms with Gasteiger partial charge >= 0.3 is 0 Å². The van der Waals surface area contributed by atoms with Crippen LogP contribution in [0.15, 0.2) is 48.8 Å². The molecular formula is C22H27N3O3. The van der Waals surface area contributed by atoms with Gasteiger partial charge < -0.3 is 15.0 Å². The molecule has 0 bridgehead atoms. The Bertz CT molecular complexity index is 838. The van der Waals surface area contributed by atoms with E-state index in [2.05, 4.69) is 16.4 Å². The third kappa shape index (κ3) is 4.22. The molecule has 6 heteroatoms. The number of aromatic nitrogens is 1. The summed E-state index contributed by atoms with van der Waals surface area (Å²) >= 11 is 0. The van der Waals surface area contributed by atoms with Gasteiger partial charge in [-0.3, -0.25) is 14.6 Å². The Hall–Kier alpha value is -2.73. The van der Waals surface area contributed by atoms with Crippen LogP contribution >= 0.6 is 0 Å². The SMILES string of the molecule is CNC(=O)C1(Cc2cccc(-c3ccncc3)c2)CN(C(=O)C(C)C)CCO1. The summed E-state index contributed by atoms with van der Waals surface area (Å²) in [5, 5.41) is 2.72. The highest BCUT2D eigenvalue weighted by Crippen LogP contribution is 2.27. The summed E-state index contributed by atoms with van der Waals surface area (Å²) in [5.41, 5.74) is 2.01. The summed E-state index contributed by atoms with van der Waals surface area (Å²) in [4.78, 5) is 31.1. The van der Waals surface area contributed by atoms with Crippen molar-refractivity contribution < 1.29 is 14.3 Å². The molecule has 1 atom stereocenters. The van der Waals surface area contributed by atoms with E-state index in [1.54, 1.807) is 24.3 Å². The second-order valence-electron chi connectivity index (χ2n) is 7.45. The second-order valence-corrected chi connectivity index (χ2v) is 7.45. The van der Waals surface area contributed by atoms with Gasteiger partial charge in [0.15, 0.2) is 5.60 Å². The number of hydrogen-bond acceptors (Lipinski definition) is 4. The Labute approximate surface area is 165 Å². The molecule has 2 heterocycles. The predicted octanol–water partition coefficient (Wildman–Crippen LogP) is 2.29. The van der Waals surface area contributed by atoms with Crippen LogP contribution in [0.2, 0.25) is 0 Å². The number of morpholine rings is 1. The first-order valence-corrected chi connectivity index (χ1v) is 9.59. The summed E-state index contributed by atoms with van der Waals surface area (Å²) < 4.78 is 6.01. The van der Waals surface area contributed by atoms with Crippen LogP contribution in [0.5, 0.6) is 0 Å². The third-order valence-electron chi connectivity index (χ3n) is 5.06. The van der Waals surface area contributed by atoms with Crippen molar-refractivity contribution in [1.82, 2.24) is 15.2 Å². The van der Waals surface area contributed by atoms with Gasteiger partial charge in [0, 0.05) is 38.3 Å². The van der Waals surface area contributed by atoms with Crippen molar-refractivity contribution in [3.8, 4) is 11.1 Å². The van der Waals surface area contributed by atoms with Crippen LogP contribution in [0.1, 0.15) is 19.4 Å². The molecule has 0 aliphatic carbocycles. The number of rotatable bonds is 5. The van der Waals surface area contributed by atoms with E-state index in [1.165, 1.54) is 0 Å². The fraction of sp³-hybridized carbons (Fsp3) is 0.409. The van der Waals surface area contributed by atoms with Crippen LogP contribution in [0.4, 0.5) is 0 Å². The summed E-state index contributed by atoms with van der Waals surface area (Å²) in [6.45, 7) is 4.85. The lowest BCUT2D eigenvalue weighted by atomic mass is 9.89. The molecule has 0 spiro atoms.